The molecule has 0 heterocycles. The van der Waals surface area contributed by atoms with Gasteiger partial charge in [-0.1, -0.05) is 23.7 Å². The molecule has 1 aromatic rings. The zero-order valence-electron chi connectivity index (χ0n) is 9.29. The summed E-state index contributed by atoms with van der Waals surface area (Å²) in [5.74, 6) is 0. The molecule has 0 bridgehead atoms. The first kappa shape index (κ1) is 12.5. The topological polar surface area (TPSA) is 35.2 Å². The highest BCUT2D eigenvalue weighted by Gasteiger charge is 2.06. The van der Waals surface area contributed by atoms with Crippen molar-refractivity contribution in [2.75, 3.05) is 13.7 Å². The summed E-state index contributed by atoms with van der Waals surface area (Å²) in [4.78, 5) is 0. The van der Waals surface area contributed by atoms with Crippen molar-refractivity contribution >= 4 is 11.6 Å². The molecule has 3 heteroatoms. The number of rotatable bonds is 5. The maximum absolute atomic E-state index is 6.06. The minimum Gasteiger partial charge on any atom is -0.385 e. The Morgan fingerprint density at radius 1 is 1.47 bits per heavy atom. The molecule has 2 N–H and O–H groups in total. The van der Waals surface area contributed by atoms with Gasteiger partial charge in [-0.15, -0.1) is 0 Å². The summed E-state index contributed by atoms with van der Waals surface area (Å²) in [7, 11) is 1.71. The van der Waals surface area contributed by atoms with Crippen LogP contribution >= 0.6 is 11.6 Å². The van der Waals surface area contributed by atoms with Crippen LogP contribution in [0.1, 0.15) is 30.0 Å². The van der Waals surface area contributed by atoms with E-state index in [-0.39, 0.29) is 6.04 Å². The molecule has 0 spiro atoms. The molecule has 0 saturated carbocycles. The Balaban J connectivity index is 2.57. The van der Waals surface area contributed by atoms with Crippen molar-refractivity contribution in [1.29, 1.82) is 0 Å². The molecule has 0 radical (unpaired) electrons. The summed E-state index contributed by atoms with van der Waals surface area (Å²) in [5.41, 5.74) is 8.28. The van der Waals surface area contributed by atoms with E-state index in [1.165, 1.54) is 0 Å². The Morgan fingerprint density at radius 3 is 2.80 bits per heavy atom. The van der Waals surface area contributed by atoms with Crippen molar-refractivity contribution in [2.24, 2.45) is 5.73 Å². The lowest BCUT2D eigenvalue weighted by atomic mass is 10.0. The quantitative estimate of drug-likeness (QED) is 0.785. The normalized spacial score (nSPS) is 12.8. The summed E-state index contributed by atoms with van der Waals surface area (Å²) < 4.78 is 4.99. The van der Waals surface area contributed by atoms with Gasteiger partial charge < -0.3 is 10.5 Å². The first-order valence-corrected chi connectivity index (χ1v) is 5.53. The fourth-order valence-electron chi connectivity index (χ4n) is 1.51. The molecule has 1 rings (SSSR count). The third kappa shape index (κ3) is 3.82. The van der Waals surface area contributed by atoms with Crippen LogP contribution in [-0.4, -0.2) is 13.7 Å². The maximum Gasteiger partial charge on any atom is 0.0462 e. The van der Waals surface area contributed by atoms with Gasteiger partial charge in [-0.05, 0) is 37.0 Å². The predicted molar refractivity (Wildman–Crippen MR) is 64.2 cm³/mol. The van der Waals surface area contributed by atoms with E-state index in [4.69, 9.17) is 22.1 Å². The van der Waals surface area contributed by atoms with Crippen LogP contribution in [-0.2, 0) is 4.74 Å². The van der Waals surface area contributed by atoms with Gasteiger partial charge in [0.05, 0.1) is 0 Å². The van der Waals surface area contributed by atoms with Crippen LogP contribution < -0.4 is 5.73 Å². The van der Waals surface area contributed by atoms with Gasteiger partial charge >= 0.3 is 0 Å². The maximum atomic E-state index is 6.06. The minimum absolute atomic E-state index is 0.0797. The second-order valence-corrected chi connectivity index (χ2v) is 4.16. The third-order valence-electron chi connectivity index (χ3n) is 2.47. The Morgan fingerprint density at radius 2 is 2.20 bits per heavy atom. The molecule has 0 aromatic heterocycles. The van der Waals surface area contributed by atoms with Gasteiger partial charge in [0, 0.05) is 24.8 Å². The molecule has 1 aromatic carbocycles. The van der Waals surface area contributed by atoms with Crippen molar-refractivity contribution < 1.29 is 4.74 Å². The van der Waals surface area contributed by atoms with Crippen molar-refractivity contribution in [1.82, 2.24) is 0 Å². The zero-order valence-corrected chi connectivity index (χ0v) is 10.1. The molecule has 0 saturated heterocycles. The predicted octanol–water partition coefficient (Wildman–Crippen LogP) is 3.07. The number of nitrogens with two attached hydrogens (primary N) is 1. The highest BCUT2D eigenvalue weighted by atomic mass is 35.5. The molecule has 0 fully saturated rings. The zero-order chi connectivity index (χ0) is 11.3. The SMILES string of the molecule is COCCCC(N)c1ccc(Cl)c(C)c1. The van der Waals surface area contributed by atoms with Crippen molar-refractivity contribution in [3.05, 3.63) is 34.3 Å². The van der Waals surface area contributed by atoms with E-state index in [0.29, 0.717) is 0 Å². The molecular weight excluding hydrogens is 210 g/mol. The minimum atomic E-state index is 0.0797. The van der Waals surface area contributed by atoms with Crippen LogP contribution in [0.5, 0.6) is 0 Å². The van der Waals surface area contributed by atoms with Gasteiger partial charge in [0.25, 0.3) is 0 Å². The monoisotopic (exact) mass is 227 g/mol. The number of halogens is 1. The van der Waals surface area contributed by atoms with Crippen LogP contribution in [0.3, 0.4) is 0 Å². The standard InChI is InChI=1S/C12H18ClNO/c1-9-8-10(5-6-11(9)13)12(14)4-3-7-15-2/h5-6,8,12H,3-4,7,14H2,1-2H3. The van der Waals surface area contributed by atoms with Crippen molar-refractivity contribution in [3.63, 3.8) is 0 Å². The van der Waals surface area contributed by atoms with E-state index in [1.807, 2.05) is 19.1 Å². The molecule has 15 heavy (non-hydrogen) atoms. The lowest BCUT2D eigenvalue weighted by Crippen LogP contribution is -2.11. The molecule has 84 valence electrons. The van der Waals surface area contributed by atoms with E-state index in [2.05, 4.69) is 6.07 Å². The second-order valence-electron chi connectivity index (χ2n) is 3.75. The highest BCUT2D eigenvalue weighted by molar-refractivity contribution is 6.31. The summed E-state index contributed by atoms with van der Waals surface area (Å²) in [5, 5.41) is 0.794. The van der Waals surface area contributed by atoms with E-state index >= 15 is 0 Å². The highest BCUT2D eigenvalue weighted by Crippen LogP contribution is 2.21. The Kier molecular flexibility index (Phi) is 5.09. The van der Waals surface area contributed by atoms with Gasteiger partial charge in [0.2, 0.25) is 0 Å². The van der Waals surface area contributed by atoms with Crippen molar-refractivity contribution in [2.45, 2.75) is 25.8 Å². The van der Waals surface area contributed by atoms with Gasteiger partial charge in [-0.3, -0.25) is 0 Å². The molecule has 2 nitrogen and oxygen atoms in total. The van der Waals surface area contributed by atoms with E-state index in [1.54, 1.807) is 7.11 Å². The first-order chi connectivity index (χ1) is 7.15. The van der Waals surface area contributed by atoms with Crippen molar-refractivity contribution in [3.8, 4) is 0 Å². The largest absolute Gasteiger partial charge is 0.385 e. The number of ether oxygens (including phenoxy) is 1. The number of aryl methyl sites for hydroxylation is 1. The van der Waals surface area contributed by atoms with Crippen LogP contribution in [0.2, 0.25) is 5.02 Å². The lowest BCUT2D eigenvalue weighted by molar-refractivity contribution is 0.190. The third-order valence-corrected chi connectivity index (χ3v) is 2.90. The number of hydrogen-bond acceptors (Lipinski definition) is 2. The summed E-state index contributed by atoms with van der Waals surface area (Å²) in [6.07, 6.45) is 1.92. The van der Waals surface area contributed by atoms with E-state index < -0.39 is 0 Å². The van der Waals surface area contributed by atoms with E-state index in [0.717, 1.165) is 35.6 Å². The van der Waals surface area contributed by atoms with Gasteiger partial charge in [-0.25, -0.2) is 0 Å². The van der Waals surface area contributed by atoms with Gasteiger partial charge in [0.1, 0.15) is 0 Å². The Labute approximate surface area is 96.4 Å². The molecule has 1 unspecified atom stereocenters. The van der Waals surface area contributed by atoms with Gasteiger partial charge in [-0.2, -0.15) is 0 Å². The Bertz CT molecular complexity index is 314. The van der Waals surface area contributed by atoms with Crippen LogP contribution in [0.25, 0.3) is 0 Å². The summed E-state index contributed by atoms with van der Waals surface area (Å²) in [6.45, 7) is 2.76. The summed E-state index contributed by atoms with van der Waals surface area (Å²) in [6, 6.07) is 6.03. The molecule has 0 aliphatic carbocycles. The summed E-state index contributed by atoms with van der Waals surface area (Å²) >= 11 is 5.95. The van der Waals surface area contributed by atoms with Crippen LogP contribution in [0, 0.1) is 6.92 Å². The van der Waals surface area contributed by atoms with Gasteiger partial charge in [0.15, 0.2) is 0 Å². The fraction of sp³-hybridized carbons (Fsp3) is 0.500. The molecule has 1 atom stereocenters. The average Bonchev–Trinajstić information content (AvgIpc) is 2.22. The number of methoxy groups -OCH3 is 1. The lowest BCUT2D eigenvalue weighted by Gasteiger charge is -2.12. The number of benzene rings is 1. The smallest absolute Gasteiger partial charge is 0.0462 e. The van der Waals surface area contributed by atoms with Crippen LogP contribution in [0.15, 0.2) is 18.2 Å². The molecule has 0 aliphatic rings. The van der Waals surface area contributed by atoms with Crippen LogP contribution in [0.4, 0.5) is 0 Å². The molecule has 0 amide bonds. The average molecular weight is 228 g/mol. The fourth-order valence-corrected chi connectivity index (χ4v) is 1.63. The molecular formula is C12H18ClNO. The molecule has 0 aliphatic heterocycles. The Hall–Kier alpha value is -0.570. The second kappa shape index (κ2) is 6.11. The first-order valence-electron chi connectivity index (χ1n) is 5.15. The van der Waals surface area contributed by atoms with E-state index in [9.17, 15) is 0 Å². The number of hydrogen-bond donors (Lipinski definition) is 1.